The minimum absolute atomic E-state index is 0.0689. The average Bonchev–Trinajstić information content (AvgIpc) is 3.27. The predicted molar refractivity (Wildman–Crippen MR) is 112 cm³/mol. The number of urea groups is 1. The molecule has 1 fully saturated rings. The van der Waals surface area contributed by atoms with Gasteiger partial charge in [-0.15, -0.1) is 0 Å². The third kappa shape index (κ3) is 5.39. The molecule has 6 heteroatoms. The van der Waals surface area contributed by atoms with Gasteiger partial charge in [0.2, 0.25) is 0 Å². The first-order chi connectivity index (χ1) is 14.3. The number of nitrogens with one attached hydrogen (secondary N) is 1. The number of carbonyl (C=O) groups is 1. The van der Waals surface area contributed by atoms with E-state index in [2.05, 4.69) is 10.2 Å². The Bertz CT molecular complexity index is 887. The van der Waals surface area contributed by atoms with E-state index in [0.29, 0.717) is 19.7 Å². The summed E-state index contributed by atoms with van der Waals surface area (Å²) in [6.07, 6.45) is 1.69. The molecule has 3 aromatic rings. The number of hydrogen-bond acceptors (Lipinski definition) is 4. The molecule has 0 bridgehead atoms. The summed E-state index contributed by atoms with van der Waals surface area (Å²) in [6.45, 7) is 4.37. The first kappa shape index (κ1) is 19.1. The zero-order chi connectivity index (χ0) is 19.9. The van der Waals surface area contributed by atoms with Gasteiger partial charge in [-0.25, -0.2) is 4.79 Å². The Balaban J connectivity index is 1.22. The van der Waals surface area contributed by atoms with Crippen LogP contribution in [-0.4, -0.2) is 42.0 Å². The molecule has 1 aromatic heterocycles. The van der Waals surface area contributed by atoms with Crippen LogP contribution in [0.1, 0.15) is 11.3 Å². The standard InChI is InChI=1S/C23H25N3O3/c27-23(26-14-12-25(13-15-26)17-22-7-4-16-28-22)24-20-8-10-21(11-9-20)29-18-19-5-2-1-3-6-19/h1-11,16H,12-15,17-18H2,(H,24,27). The summed E-state index contributed by atoms with van der Waals surface area (Å²) in [7, 11) is 0. The first-order valence-electron chi connectivity index (χ1n) is 9.84. The van der Waals surface area contributed by atoms with E-state index in [-0.39, 0.29) is 6.03 Å². The van der Waals surface area contributed by atoms with Gasteiger partial charge >= 0.3 is 6.03 Å². The Morgan fingerprint density at radius 2 is 1.69 bits per heavy atom. The molecule has 4 rings (SSSR count). The molecule has 29 heavy (non-hydrogen) atoms. The van der Waals surface area contributed by atoms with E-state index < -0.39 is 0 Å². The van der Waals surface area contributed by atoms with E-state index >= 15 is 0 Å². The van der Waals surface area contributed by atoms with E-state index in [9.17, 15) is 4.79 Å². The van der Waals surface area contributed by atoms with Gasteiger partial charge in [0.05, 0.1) is 12.8 Å². The Hall–Kier alpha value is -3.25. The second-order valence-electron chi connectivity index (χ2n) is 7.07. The third-order valence-electron chi connectivity index (χ3n) is 4.97. The Kier molecular flexibility index (Phi) is 6.12. The second kappa shape index (κ2) is 9.30. The van der Waals surface area contributed by atoms with Crippen LogP contribution in [-0.2, 0) is 13.2 Å². The van der Waals surface area contributed by atoms with Crippen molar-refractivity contribution in [1.82, 2.24) is 9.80 Å². The van der Waals surface area contributed by atoms with Gasteiger partial charge in [-0.05, 0) is 42.0 Å². The fourth-order valence-electron chi connectivity index (χ4n) is 3.31. The van der Waals surface area contributed by atoms with Crippen molar-refractivity contribution >= 4 is 11.7 Å². The van der Waals surface area contributed by atoms with Gasteiger partial charge in [0.25, 0.3) is 0 Å². The van der Waals surface area contributed by atoms with Crippen LogP contribution in [0.15, 0.2) is 77.4 Å². The van der Waals surface area contributed by atoms with Gasteiger partial charge in [0, 0.05) is 31.9 Å². The fourth-order valence-corrected chi connectivity index (χ4v) is 3.31. The Morgan fingerprint density at radius 3 is 2.38 bits per heavy atom. The van der Waals surface area contributed by atoms with Crippen molar-refractivity contribution in [3.8, 4) is 5.75 Å². The van der Waals surface area contributed by atoms with Crippen molar-refractivity contribution in [3.05, 3.63) is 84.3 Å². The van der Waals surface area contributed by atoms with Gasteiger partial charge in [-0.2, -0.15) is 0 Å². The lowest BCUT2D eigenvalue weighted by atomic mass is 10.2. The van der Waals surface area contributed by atoms with Crippen LogP contribution in [0.3, 0.4) is 0 Å². The maximum Gasteiger partial charge on any atom is 0.321 e. The lowest BCUT2D eigenvalue weighted by Gasteiger charge is -2.34. The van der Waals surface area contributed by atoms with Gasteiger partial charge in [-0.1, -0.05) is 30.3 Å². The summed E-state index contributed by atoms with van der Waals surface area (Å²) < 4.78 is 11.2. The van der Waals surface area contributed by atoms with Crippen molar-refractivity contribution in [2.75, 3.05) is 31.5 Å². The molecule has 0 unspecified atom stereocenters. The highest BCUT2D eigenvalue weighted by Crippen LogP contribution is 2.18. The van der Waals surface area contributed by atoms with Crippen LogP contribution in [0.5, 0.6) is 5.75 Å². The smallest absolute Gasteiger partial charge is 0.321 e. The number of piperazine rings is 1. The van der Waals surface area contributed by atoms with Crippen molar-refractivity contribution in [2.45, 2.75) is 13.2 Å². The molecule has 1 aliphatic rings. The van der Waals surface area contributed by atoms with Crippen LogP contribution < -0.4 is 10.1 Å². The lowest BCUT2D eigenvalue weighted by molar-refractivity contribution is 0.137. The third-order valence-corrected chi connectivity index (χ3v) is 4.97. The van der Waals surface area contributed by atoms with E-state index in [1.54, 1.807) is 6.26 Å². The maximum atomic E-state index is 12.5. The van der Waals surface area contributed by atoms with Gasteiger partial charge in [-0.3, -0.25) is 4.90 Å². The first-order valence-corrected chi connectivity index (χ1v) is 9.84. The normalized spacial score (nSPS) is 14.6. The molecule has 0 spiro atoms. The highest BCUT2D eigenvalue weighted by atomic mass is 16.5. The van der Waals surface area contributed by atoms with Crippen molar-refractivity contribution in [1.29, 1.82) is 0 Å². The molecule has 1 N–H and O–H groups in total. The molecule has 0 saturated carbocycles. The monoisotopic (exact) mass is 391 g/mol. The molecule has 0 aliphatic carbocycles. The van der Waals surface area contributed by atoms with Crippen LogP contribution in [0.2, 0.25) is 0 Å². The summed E-state index contributed by atoms with van der Waals surface area (Å²) in [6, 6.07) is 21.3. The molecule has 2 amide bonds. The SMILES string of the molecule is O=C(Nc1ccc(OCc2ccccc2)cc1)N1CCN(Cc2ccco2)CC1. The topological polar surface area (TPSA) is 58.0 Å². The fraction of sp³-hybridized carbons (Fsp3) is 0.261. The number of rotatable bonds is 6. The number of ether oxygens (including phenoxy) is 1. The number of carbonyl (C=O) groups excluding carboxylic acids is 1. The van der Waals surface area contributed by atoms with Crippen LogP contribution in [0.25, 0.3) is 0 Å². The number of anilines is 1. The van der Waals surface area contributed by atoms with Crippen LogP contribution >= 0.6 is 0 Å². The second-order valence-corrected chi connectivity index (χ2v) is 7.07. The molecular weight excluding hydrogens is 366 g/mol. The summed E-state index contributed by atoms with van der Waals surface area (Å²) in [5.74, 6) is 1.73. The highest BCUT2D eigenvalue weighted by Gasteiger charge is 2.21. The quantitative estimate of drug-likeness (QED) is 0.684. The van der Waals surface area contributed by atoms with E-state index in [1.807, 2.05) is 71.6 Å². The zero-order valence-corrected chi connectivity index (χ0v) is 16.3. The molecule has 0 atom stereocenters. The molecule has 6 nitrogen and oxygen atoms in total. The van der Waals surface area contributed by atoms with Crippen molar-refractivity contribution in [2.24, 2.45) is 0 Å². The largest absolute Gasteiger partial charge is 0.489 e. The number of amides is 2. The van der Waals surface area contributed by atoms with Gasteiger partial charge < -0.3 is 19.4 Å². The Labute approximate surface area is 170 Å². The maximum absolute atomic E-state index is 12.5. The van der Waals surface area contributed by atoms with E-state index in [0.717, 1.165) is 42.4 Å². The highest BCUT2D eigenvalue weighted by molar-refractivity contribution is 5.89. The molecular formula is C23H25N3O3. The molecule has 1 saturated heterocycles. The minimum atomic E-state index is -0.0689. The van der Waals surface area contributed by atoms with Gasteiger partial charge in [0.15, 0.2) is 0 Å². The summed E-state index contributed by atoms with van der Waals surface area (Å²) >= 11 is 0. The van der Waals surface area contributed by atoms with Crippen molar-refractivity contribution < 1.29 is 13.9 Å². The minimum Gasteiger partial charge on any atom is -0.489 e. The summed E-state index contributed by atoms with van der Waals surface area (Å²) in [5.41, 5.74) is 1.89. The predicted octanol–water partition coefficient (Wildman–Crippen LogP) is 4.21. The molecule has 2 aromatic carbocycles. The van der Waals surface area contributed by atoms with E-state index in [1.165, 1.54) is 0 Å². The Morgan fingerprint density at radius 1 is 0.931 bits per heavy atom. The summed E-state index contributed by atoms with van der Waals surface area (Å²) in [4.78, 5) is 16.7. The zero-order valence-electron chi connectivity index (χ0n) is 16.3. The lowest BCUT2D eigenvalue weighted by Crippen LogP contribution is -2.49. The molecule has 2 heterocycles. The molecule has 0 radical (unpaired) electrons. The van der Waals surface area contributed by atoms with E-state index in [4.69, 9.17) is 9.15 Å². The van der Waals surface area contributed by atoms with Crippen LogP contribution in [0, 0.1) is 0 Å². The van der Waals surface area contributed by atoms with Crippen LogP contribution in [0.4, 0.5) is 10.5 Å². The van der Waals surface area contributed by atoms with Crippen molar-refractivity contribution in [3.63, 3.8) is 0 Å². The average molecular weight is 391 g/mol. The summed E-state index contributed by atoms with van der Waals surface area (Å²) in [5, 5.41) is 2.97. The number of benzene rings is 2. The number of furan rings is 1. The number of nitrogens with zero attached hydrogens (tertiary/aromatic N) is 2. The molecule has 1 aliphatic heterocycles. The van der Waals surface area contributed by atoms with Gasteiger partial charge in [0.1, 0.15) is 18.1 Å². The number of hydrogen-bond donors (Lipinski definition) is 1. The molecule has 150 valence electrons.